The van der Waals surface area contributed by atoms with Crippen molar-refractivity contribution in [3.63, 3.8) is 0 Å². The number of hydrogen-bond acceptors (Lipinski definition) is 5. The van der Waals surface area contributed by atoms with Crippen LogP contribution in [0.3, 0.4) is 0 Å². The number of anilines is 1. The van der Waals surface area contributed by atoms with Gasteiger partial charge in [-0.2, -0.15) is 0 Å². The van der Waals surface area contributed by atoms with Crippen molar-refractivity contribution in [1.29, 1.82) is 0 Å². The van der Waals surface area contributed by atoms with Gasteiger partial charge in [0.2, 0.25) is 0 Å². The van der Waals surface area contributed by atoms with E-state index in [4.69, 9.17) is 4.52 Å². The summed E-state index contributed by atoms with van der Waals surface area (Å²) in [5.41, 5.74) is 4.10. The number of aromatic nitrogens is 3. The van der Waals surface area contributed by atoms with E-state index < -0.39 is 0 Å². The molecule has 0 aliphatic carbocycles. The van der Waals surface area contributed by atoms with Crippen molar-refractivity contribution in [3.8, 4) is 0 Å². The first-order chi connectivity index (χ1) is 10.1. The summed E-state index contributed by atoms with van der Waals surface area (Å²) in [5.74, 6) is 1.67. The topological polar surface area (TPSA) is 63.8 Å². The zero-order valence-corrected chi connectivity index (χ0v) is 12.6. The minimum Gasteiger partial charge on any atom is -0.363 e. The fourth-order valence-electron chi connectivity index (χ4n) is 2.67. The summed E-state index contributed by atoms with van der Waals surface area (Å²) in [5, 5.41) is 8.48. The van der Waals surface area contributed by atoms with Gasteiger partial charge in [-0.25, -0.2) is 9.97 Å². The van der Waals surface area contributed by atoms with Crippen LogP contribution in [0, 0.1) is 20.8 Å². The van der Waals surface area contributed by atoms with Crippen LogP contribution in [-0.4, -0.2) is 15.1 Å². The highest BCUT2D eigenvalue weighted by atomic mass is 16.5. The lowest BCUT2D eigenvalue weighted by Crippen LogP contribution is -2.10. The molecule has 2 aromatic heterocycles. The molecule has 0 fully saturated rings. The Morgan fingerprint density at radius 1 is 1.14 bits per heavy atom. The highest BCUT2D eigenvalue weighted by Gasteiger charge is 2.17. The highest BCUT2D eigenvalue weighted by Crippen LogP contribution is 2.27. The average molecular weight is 282 g/mol. The Labute approximate surface area is 123 Å². The molecule has 0 radical (unpaired) electrons. The van der Waals surface area contributed by atoms with Gasteiger partial charge in [-0.15, -0.1) is 0 Å². The summed E-state index contributed by atoms with van der Waals surface area (Å²) < 4.78 is 5.24. The first-order valence-electron chi connectivity index (χ1n) is 6.97. The van der Waals surface area contributed by atoms with Crippen LogP contribution in [0.1, 0.15) is 35.5 Å². The molecule has 1 N–H and O–H groups in total. The summed E-state index contributed by atoms with van der Waals surface area (Å²) >= 11 is 0. The second-order valence-electron chi connectivity index (χ2n) is 5.35. The molecule has 0 bridgehead atoms. The summed E-state index contributed by atoms with van der Waals surface area (Å²) in [6.07, 6.45) is 1.58. The van der Waals surface area contributed by atoms with Crippen molar-refractivity contribution in [2.75, 3.05) is 5.32 Å². The van der Waals surface area contributed by atoms with Crippen molar-refractivity contribution in [2.24, 2.45) is 0 Å². The number of nitrogens with zero attached hydrogens (tertiary/aromatic N) is 3. The van der Waals surface area contributed by atoms with Crippen molar-refractivity contribution in [2.45, 2.75) is 33.7 Å². The highest BCUT2D eigenvalue weighted by molar-refractivity contribution is 5.89. The SMILES string of the molecule is Cc1ccc2ncnc(NC(C)c3c(C)noc3C)c2c1. The van der Waals surface area contributed by atoms with Crippen LogP contribution in [0.2, 0.25) is 0 Å². The second-order valence-corrected chi connectivity index (χ2v) is 5.35. The summed E-state index contributed by atoms with van der Waals surface area (Å²) in [7, 11) is 0. The largest absolute Gasteiger partial charge is 0.363 e. The van der Waals surface area contributed by atoms with Gasteiger partial charge in [0.15, 0.2) is 0 Å². The Morgan fingerprint density at radius 3 is 2.67 bits per heavy atom. The van der Waals surface area contributed by atoms with Crippen LogP contribution in [0.5, 0.6) is 0 Å². The van der Waals surface area contributed by atoms with Gasteiger partial charge in [0.05, 0.1) is 17.3 Å². The van der Waals surface area contributed by atoms with E-state index >= 15 is 0 Å². The predicted molar refractivity (Wildman–Crippen MR) is 82.3 cm³/mol. The third-order valence-electron chi connectivity index (χ3n) is 3.67. The molecule has 0 saturated carbocycles. The van der Waals surface area contributed by atoms with E-state index in [1.807, 2.05) is 19.9 Å². The Balaban J connectivity index is 2.00. The maximum absolute atomic E-state index is 5.24. The molecule has 2 heterocycles. The van der Waals surface area contributed by atoms with Crippen LogP contribution >= 0.6 is 0 Å². The molecular weight excluding hydrogens is 264 g/mol. The van der Waals surface area contributed by atoms with Crippen molar-refractivity contribution in [3.05, 3.63) is 47.1 Å². The minimum atomic E-state index is 0.0647. The van der Waals surface area contributed by atoms with Crippen LogP contribution in [-0.2, 0) is 0 Å². The van der Waals surface area contributed by atoms with Crippen LogP contribution in [0.15, 0.2) is 29.0 Å². The lowest BCUT2D eigenvalue weighted by Gasteiger charge is -2.15. The molecule has 1 unspecified atom stereocenters. The molecule has 5 heteroatoms. The maximum Gasteiger partial charge on any atom is 0.139 e. The van der Waals surface area contributed by atoms with E-state index in [0.29, 0.717) is 0 Å². The van der Waals surface area contributed by atoms with Crippen molar-refractivity contribution < 1.29 is 4.52 Å². The predicted octanol–water partition coefficient (Wildman–Crippen LogP) is 3.72. The van der Waals surface area contributed by atoms with Crippen LogP contribution in [0.4, 0.5) is 5.82 Å². The van der Waals surface area contributed by atoms with Gasteiger partial charge in [0, 0.05) is 10.9 Å². The molecule has 0 aliphatic rings. The van der Waals surface area contributed by atoms with Gasteiger partial charge in [0.25, 0.3) is 0 Å². The van der Waals surface area contributed by atoms with E-state index in [1.165, 1.54) is 5.56 Å². The van der Waals surface area contributed by atoms with E-state index in [2.05, 4.69) is 46.4 Å². The molecule has 3 aromatic rings. The van der Waals surface area contributed by atoms with E-state index in [1.54, 1.807) is 6.33 Å². The van der Waals surface area contributed by atoms with E-state index in [9.17, 15) is 0 Å². The van der Waals surface area contributed by atoms with Gasteiger partial charge in [-0.1, -0.05) is 16.8 Å². The maximum atomic E-state index is 5.24. The van der Waals surface area contributed by atoms with Crippen LogP contribution < -0.4 is 5.32 Å². The molecule has 1 aromatic carbocycles. The van der Waals surface area contributed by atoms with Gasteiger partial charge >= 0.3 is 0 Å². The lowest BCUT2D eigenvalue weighted by molar-refractivity contribution is 0.392. The molecule has 3 rings (SSSR count). The van der Waals surface area contributed by atoms with Gasteiger partial charge in [-0.3, -0.25) is 0 Å². The monoisotopic (exact) mass is 282 g/mol. The number of nitrogens with one attached hydrogen (secondary N) is 1. The van der Waals surface area contributed by atoms with E-state index in [0.717, 1.165) is 33.7 Å². The zero-order chi connectivity index (χ0) is 15.0. The zero-order valence-electron chi connectivity index (χ0n) is 12.6. The first kappa shape index (κ1) is 13.5. The molecule has 0 amide bonds. The fourth-order valence-corrected chi connectivity index (χ4v) is 2.67. The van der Waals surface area contributed by atoms with E-state index in [-0.39, 0.29) is 6.04 Å². The Morgan fingerprint density at radius 2 is 1.95 bits per heavy atom. The molecule has 108 valence electrons. The molecule has 5 nitrogen and oxygen atoms in total. The molecular formula is C16H18N4O. The second kappa shape index (κ2) is 5.16. The van der Waals surface area contributed by atoms with Crippen molar-refractivity contribution in [1.82, 2.24) is 15.1 Å². The third kappa shape index (κ3) is 2.46. The molecule has 0 saturated heterocycles. The summed E-state index contributed by atoms with van der Waals surface area (Å²) in [4.78, 5) is 8.69. The first-order valence-corrected chi connectivity index (χ1v) is 6.97. The molecule has 0 aliphatic heterocycles. The van der Waals surface area contributed by atoms with Gasteiger partial charge < -0.3 is 9.84 Å². The number of benzene rings is 1. The molecule has 1 atom stereocenters. The number of hydrogen-bond donors (Lipinski definition) is 1. The minimum absolute atomic E-state index is 0.0647. The standard InChI is InChI=1S/C16H18N4O/c1-9-5-6-14-13(7-9)16(18-8-17-14)19-10(2)15-11(3)20-21-12(15)4/h5-8,10H,1-4H3,(H,17,18,19). The van der Waals surface area contributed by atoms with Gasteiger partial charge in [-0.05, 0) is 39.8 Å². The Kier molecular flexibility index (Phi) is 3.33. The lowest BCUT2D eigenvalue weighted by atomic mass is 10.1. The fraction of sp³-hybridized carbons (Fsp3) is 0.312. The summed E-state index contributed by atoms with van der Waals surface area (Å²) in [6, 6.07) is 6.22. The Bertz CT molecular complexity index is 775. The van der Waals surface area contributed by atoms with Crippen LogP contribution in [0.25, 0.3) is 10.9 Å². The number of aryl methyl sites for hydroxylation is 3. The molecule has 21 heavy (non-hydrogen) atoms. The Hall–Kier alpha value is -2.43. The number of fused-ring (bicyclic) bond motifs is 1. The number of rotatable bonds is 3. The molecule has 0 spiro atoms. The normalized spacial score (nSPS) is 12.6. The van der Waals surface area contributed by atoms with Crippen molar-refractivity contribution >= 4 is 16.7 Å². The average Bonchev–Trinajstić information content (AvgIpc) is 2.79. The smallest absolute Gasteiger partial charge is 0.139 e. The van der Waals surface area contributed by atoms with Gasteiger partial charge in [0.1, 0.15) is 17.9 Å². The summed E-state index contributed by atoms with van der Waals surface area (Å²) in [6.45, 7) is 8.02. The third-order valence-corrected chi connectivity index (χ3v) is 3.67. The quantitative estimate of drug-likeness (QED) is 0.793.